The fraction of sp³-hybridized carbons (Fsp3) is 0.316. The highest BCUT2D eigenvalue weighted by atomic mass is 32.1. The number of fused-ring (bicyclic) bond motifs is 10. The second-order valence-electron chi connectivity index (χ2n) is 30.0. The van der Waals surface area contributed by atoms with Crippen LogP contribution in [0.15, 0.2) is 176 Å². The molecule has 0 amide bonds. The van der Waals surface area contributed by atoms with E-state index in [2.05, 4.69) is 294 Å². The molecule has 0 fully saturated rings. The highest BCUT2D eigenvalue weighted by molar-refractivity contribution is 7.26. The molecule has 3 heterocycles. The van der Waals surface area contributed by atoms with Crippen molar-refractivity contribution in [2.24, 2.45) is 0 Å². The van der Waals surface area contributed by atoms with E-state index in [1.54, 1.807) is 0 Å². The quantitative estimate of drug-likeness (QED) is 0.154. The van der Waals surface area contributed by atoms with E-state index in [9.17, 15) is 0 Å². The molecule has 0 bridgehead atoms. The lowest BCUT2D eigenvalue weighted by molar-refractivity contribution is 0.332. The van der Waals surface area contributed by atoms with Crippen molar-refractivity contribution in [3.8, 4) is 22.3 Å². The van der Waals surface area contributed by atoms with Crippen molar-refractivity contribution in [1.29, 1.82) is 0 Å². The first kappa shape index (κ1) is 54.6. The van der Waals surface area contributed by atoms with Gasteiger partial charge in [-0.3, -0.25) is 0 Å². The number of aryl methyl sites for hydroxylation is 1. The highest BCUT2D eigenvalue weighted by Gasteiger charge is 2.49. The molecule has 9 aromatic carbocycles. The molecule has 422 valence electrons. The summed E-state index contributed by atoms with van der Waals surface area (Å²) in [5.74, 6) is 0. The van der Waals surface area contributed by atoms with E-state index < -0.39 is 0 Å². The van der Waals surface area contributed by atoms with Crippen LogP contribution < -0.4 is 25.5 Å². The van der Waals surface area contributed by atoms with Gasteiger partial charge < -0.3 is 14.6 Å². The summed E-state index contributed by atoms with van der Waals surface area (Å²) in [4.78, 5) is 8.05. The van der Waals surface area contributed by atoms with E-state index in [-0.39, 0.29) is 39.3 Å². The van der Waals surface area contributed by atoms with Crippen LogP contribution >= 0.6 is 11.3 Å². The van der Waals surface area contributed by atoms with Crippen molar-refractivity contribution in [1.82, 2.24) is 0 Å². The van der Waals surface area contributed by atoms with E-state index in [1.165, 1.54) is 134 Å². The first-order valence-electron chi connectivity index (χ1n) is 31.0. The standard InChI is InChI=1S/C79H82BN3S/c1-49-43-63-65(79(14,15)42-41-77(63,10)11)48-67(49)82-68-47-56(81(55-31-27-52(28-32-55)74(2,3)4)54-29-25-51(26-30-54)50-21-17-16-18-22-50)34-38-66(68)80-71-61(44-53(45-69(71)82)75(5,6)7)59-35-36-60-58-23-19-20-24-70(58)84-73(60)72(59)83(80)57-33-37-62-64(46-57)78(12,13)40-39-76(62,8)9/h16-38,43-48H,39-42H2,1-15H3. The zero-order chi connectivity index (χ0) is 58.8. The van der Waals surface area contributed by atoms with Gasteiger partial charge in [-0.1, -0.05) is 206 Å². The van der Waals surface area contributed by atoms with Gasteiger partial charge in [-0.25, -0.2) is 0 Å². The number of thiophene rings is 1. The van der Waals surface area contributed by atoms with Crippen molar-refractivity contribution in [3.63, 3.8) is 0 Å². The zero-order valence-corrected chi connectivity index (χ0v) is 53.2. The first-order chi connectivity index (χ1) is 39.8. The van der Waals surface area contributed by atoms with Crippen LogP contribution in [-0.4, -0.2) is 6.85 Å². The SMILES string of the molecule is Cc1cc2c(cc1N1c3cc(N(c4ccc(-c5ccccc5)cc4)c4ccc(C(C)(C)C)cc4)ccc3B3c4c(cc(C(C)(C)C)cc41)-c1ccc4c(sc5ccccc54)c1N3c1ccc3c(c1)C(C)(C)CCC3(C)C)C(C)(C)CCC2(C)C. The third-order valence-electron chi connectivity index (χ3n) is 20.4. The molecule has 0 radical (unpaired) electrons. The number of nitrogens with zero attached hydrogens (tertiary/aromatic N) is 3. The van der Waals surface area contributed by atoms with Crippen molar-refractivity contribution < 1.29 is 0 Å². The number of hydrogen-bond donors (Lipinski definition) is 0. The van der Waals surface area contributed by atoms with Crippen molar-refractivity contribution in [2.75, 3.05) is 14.6 Å². The Bertz CT molecular complexity index is 4290. The molecule has 2 aliphatic heterocycles. The Hall–Kier alpha value is -7.34. The summed E-state index contributed by atoms with van der Waals surface area (Å²) in [5, 5.41) is 2.65. The number of rotatable bonds is 6. The molecular formula is C79H82BN3S. The smallest absolute Gasteiger partial charge is 0.333 e. The summed E-state index contributed by atoms with van der Waals surface area (Å²) in [5.41, 5.74) is 27.3. The zero-order valence-electron chi connectivity index (χ0n) is 52.4. The summed E-state index contributed by atoms with van der Waals surface area (Å²) in [7, 11) is 0. The summed E-state index contributed by atoms with van der Waals surface area (Å²) in [6.45, 7) is 36.1. The second-order valence-corrected chi connectivity index (χ2v) is 31.0. The van der Waals surface area contributed by atoms with Gasteiger partial charge in [0.2, 0.25) is 0 Å². The van der Waals surface area contributed by atoms with Crippen molar-refractivity contribution in [3.05, 3.63) is 215 Å². The minimum atomic E-state index is -0.164. The van der Waals surface area contributed by atoms with Gasteiger partial charge in [0.1, 0.15) is 0 Å². The summed E-state index contributed by atoms with van der Waals surface area (Å²) >= 11 is 1.96. The fourth-order valence-corrected chi connectivity index (χ4v) is 16.2. The molecule has 3 nitrogen and oxygen atoms in total. The van der Waals surface area contributed by atoms with E-state index in [4.69, 9.17) is 0 Å². The van der Waals surface area contributed by atoms with E-state index >= 15 is 0 Å². The molecule has 0 saturated heterocycles. The predicted octanol–water partition coefficient (Wildman–Crippen LogP) is 21.5. The van der Waals surface area contributed by atoms with Gasteiger partial charge >= 0.3 is 6.85 Å². The molecule has 1 aromatic heterocycles. The van der Waals surface area contributed by atoms with Gasteiger partial charge in [0.25, 0.3) is 0 Å². The molecule has 5 heteroatoms. The molecule has 0 N–H and O–H groups in total. The van der Waals surface area contributed by atoms with Crippen molar-refractivity contribution >= 4 is 94.8 Å². The van der Waals surface area contributed by atoms with Crippen molar-refractivity contribution in [2.45, 2.75) is 162 Å². The minimum Gasteiger partial charge on any atom is -0.375 e. The Morgan fingerprint density at radius 1 is 0.452 bits per heavy atom. The van der Waals surface area contributed by atoms with E-state index in [0.29, 0.717) is 0 Å². The van der Waals surface area contributed by atoms with Crippen LogP contribution in [0.4, 0.5) is 45.5 Å². The second kappa shape index (κ2) is 18.8. The molecule has 2 aliphatic carbocycles. The Morgan fingerprint density at radius 2 is 1.02 bits per heavy atom. The average molecular weight is 1120 g/mol. The third kappa shape index (κ3) is 8.63. The molecule has 4 aliphatic rings. The summed E-state index contributed by atoms with van der Waals surface area (Å²) in [6, 6.07) is 68.9. The monoisotopic (exact) mass is 1120 g/mol. The van der Waals surface area contributed by atoms with Crippen LogP contribution in [0.2, 0.25) is 0 Å². The van der Waals surface area contributed by atoms with Gasteiger partial charge in [-0.05, 0) is 198 Å². The van der Waals surface area contributed by atoms with Crippen LogP contribution in [0.1, 0.15) is 162 Å². The largest absolute Gasteiger partial charge is 0.375 e. The van der Waals surface area contributed by atoms with Crippen LogP contribution in [0, 0.1) is 6.92 Å². The van der Waals surface area contributed by atoms with Gasteiger partial charge in [-0.15, -0.1) is 11.3 Å². The molecule has 0 atom stereocenters. The Balaban J connectivity index is 1.10. The molecule has 10 aromatic rings. The van der Waals surface area contributed by atoms with E-state index in [1.807, 2.05) is 11.3 Å². The normalized spacial score (nSPS) is 17.1. The Kier molecular flexibility index (Phi) is 12.2. The molecule has 0 saturated carbocycles. The van der Waals surface area contributed by atoms with Crippen LogP contribution in [0.5, 0.6) is 0 Å². The topological polar surface area (TPSA) is 9.72 Å². The molecular weight excluding hydrogens is 1030 g/mol. The maximum Gasteiger partial charge on any atom is 0.333 e. The lowest BCUT2D eigenvalue weighted by Crippen LogP contribution is -2.61. The minimum absolute atomic E-state index is 0.00503. The van der Waals surface area contributed by atoms with Crippen LogP contribution in [0.3, 0.4) is 0 Å². The first-order valence-corrected chi connectivity index (χ1v) is 31.8. The maximum atomic E-state index is 2.82. The van der Waals surface area contributed by atoms with Gasteiger partial charge in [0, 0.05) is 60.8 Å². The summed E-state index contributed by atoms with van der Waals surface area (Å²) in [6.07, 6.45) is 4.64. The highest BCUT2D eigenvalue weighted by Crippen LogP contribution is 2.57. The fourth-order valence-electron chi connectivity index (χ4n) is 15.0. The van der Waals surface area contributed by atoms with Gasteiger partial charge in [0.15, 0.2) is 0 Å². The molecule has 0 unspecified atom stereocenters. The predicted molar refractivity (Wildman–Crippen MR) is 366 cm³/mol. The molecule has 0 spiro atoms. The van der Waals surface area contributed by atoms with Gasteiger partial charge in [-0.2, -0.15) is 0 Å². The Morgan fingerprint density at radius 3 is 1.68 bits per heavy atom. The van der Waals surface area contributed by atoms with E-state index in [0.717, 1.165) is 29.9 Å². The Labute approximate surface area is 505 Å². The lowest BCUT2D eigenvalue weighted by atomic mass is 9.43. The number of anilines is 8. The average Bonchev–Trinajstić information content (AvgIpc) is 1.07. The number of benzene rings is 9. The number of hydrogen-bond acceptors (Lipinski definition) is 4. The summed E-state index contributed by atoms with van der Waals surface area (Å²) < 4.78 is 2.67. The van der Waals surface area contributed by atoms with Gasteiger partial charge in [0.05, 0.1) is 10.4 Å². The third-order valence-corrected chi connectivity index (χ3v) is 21.6. The molecule has 84 heavy (non-hydrogen) atoms. The van der Waals surface area contributed by atoms with Crippen LogP contribution in [0.25, 0.3) is 42.4 Å². The van der Waals surface area contributed by atoms with Crippen LogP contribution in [-0.2, 0) is 32.5 Å². The molecule has 14 rings (SSSR count). The maximum absolute atomic E-state index is 2.82. The lowest BCUT2D eigenvalue weighted by Gasteiger charge is -2.48.